The second-order valence-electron chi connectivity index (χ2n) is 5.07. The molecule has 0 atom stereocenters. The zero-order valence-electron chi connectivity index (χ0n) is 9.14. The first kappa shape index (κ1) is 10.9. The van der Waals surface area contributed by atoms with Gasteiger partial charge in [-0.25, -0.2) is 0 Å². The minimum absolute atomic E-state index is 0.635. The van der Waals surface area contributed by atoms with Crippen molar-refractivity contribution >= 4 is 15.9 Å². The van der Waals surface area contributed by atoms with E-state index in [1.807, 2.05) is 0 Å². The topological polar surface area (TPSA) is 6.48 Å². The molecule has 0 spiro atoms. The van der Waals surface area contributed by atoms with Gasteiger partial charge in [-0.05, 0) is 25.3 Å². The van der Waals surface area contributed by atoms with E-state index in [0.717, 1.165) is 0 Å². The Hall–Kier alpha value is 0.400. The second kappa shape index (κ2) is 4.50. The smallest absolute Gasteiger partial charge is 0.0110 e. The number of alkyl halides is 1. The number of halogens is 1. The van der Waals surface area contributed by atoms with Crippen LogP contribution in [0.4, 0.5) is 0 Å². The Morgan fingerprint density at radius 1 is 1.14 bits per heavy atom. The van der Waals surface area contributed by atoms with Gasteiger partial charge in [0.05, 0.1) is 0 Å². The maximum absolute atomic E-state index is 3.68. The van der Waals surface area contributed by atoms with Gasteiger partial charge in [0.15, 0.2) is 0 Å². The minimum Gasteiger partial charge on any atom is -0.304 e. The van der Waals surface area contributed by atoms with Gasteiger partial charge in [-0.3, -0.25) is 0 Å². The summed E-state index contributed by atoms with van der Waals surface area (Å²) in [6, 6.07) is 0. The van der Waals surface area contributed by atoms with Crippen molar-refractivity contribution in [2.24, 2.45) is 5.41 Å². The SMILES string of the molecule is CN1CCN(CC2(CBr)CCC2)CC1. The molecule has 0 aromatic carbocycles. The van der Waals surface area contributed by atoms with E-state index in [0.29, 0.717) is 5.41 Å². The van der Waals surface area contributed by atoms with Crippen LogP contribution in [0, 0.1) is 5.41 Å². The molecular weight excluding hydrogens is 240 g/mol. The van der Waals surface area contributed by atoms with Gasteiger partial charge < -0.3 is 9.80 Å². The van der Waals surface area contributed by atoms with Crippen molar-refractivity contribution in [3.8, 4) is 0 Å². The average molecular weight is 261 g/mol. The number of rotatable bonds is 3. The van der Waals surface area contributed by atoms with Gasteiger partial charge >= 0.3 is 0 Å². The van der Waals surface area contributed by atoms with Crippen LogP contribution in [0.2, 0.25) is 0 Å². The van der Waals surface area contributed by atoms with E-state index < -0.39 is 0 Å². The molecule has 2 fully saturated rings. The summed E-state index contributed by atoms with van der Waals surface area (Å²) in [4.78, 5) is 5.08. The standard InChI is InChI=1S/C11H21BrN2/c1-13-5-7-14(8-6-13)10-11(9-12)3-2-4-11/h2-10H2,1H3. The summed E-state index contributed by atoms with van der Waals surface area (Å²) in [5.74, 6) is 0. The average Bonchev–Trinajstić information content (AvgIpc) is 2.15. The molecule has 0 aromatic heterocycles. The van der Waals surface area contributed by atoms with Crippen LogP contribution in [0.1, 0.15) is 19.3 Å². The third kappa shape index (κ3) is 2.31. The van der Waals surface area contributed by atoms with E-state index in [-0.39, 0.29) is 0 Å². The Morgan fingerprint density at radius 2 is 1.79 bits per heavy atom. The summed E-state index contributed by atoms with van der Waals surface area (Å²) in [5, 5.41) is 1.20. The van der Waals surface area contributed by atoms with Crippen LogP contribution in [0.3, 0.4) is 0 Å². The molecule has 0 bridgehead atoms. The van der Waals surface area contributed by atoms with Crippen LogP contribution in [0.25, 0.3) is 0 Å². The fraction of sp³-hybridized carbons (Fsp3) is 1.00. The predicted molar refractivity (Wildman–Crippen MR) is 64.0 cm³/mol. The molecule has 0 unspecified atom stereocenters. The summed E-state index contributed by atoms with van der Waals surface area (Å²) in [5.41, 5.74) is 0.635. The lowest BCUT2D eigenvalue weighted by Crippen LogP contribution is -2.50. The van der Waals surface area contributed by atoms with Gasteiger partial charge in [-0.1, -0.05) is 22.4 Å². The third-order valence-corrected chi connectivity index (χ3v) is 5.04. The Morgan fingerprint density at radius 3 is 2.21 bits per heavy atom. The van der Waals surface area contributed by atoms with Crippen molar-refractivity contribution < 1.29 is 0 Å². The number of nitrogens with zero attached hydrogens (tertiary/aromatic N) is 2. The minimum atomic E-state index is 0.635. The third-order valence-electron chi connectivity index (χ3n) is 3.85. The zero-order chi connectivity index (χ0) is 10.0. The van der Waals surface area contributed by atoms with Gasteiger partial charge in [0.2, 0.25) is 0 Å². The molecule has 1 saturated heterocycles. The van der Waals surface area contributed by atoms with Crippen LogP contribution in [-0.4, -0.2) is 54.9 Å². The summed E-state index contributed by atoms with van der Waals surface area (Å²) in [7, 11) is 2.22. The van der Waals surface area contributed by atoms with E-state index in [9.17, 15) is 0 Å². The van der Waals surface area contributed by atoms with Crippen molar-refractivity contribution in [2.75, 3.05) is 45.1 Å². The molecule has 1 saturated carbocycles. The first-order valence-corrected chi connectivity index (χ1v) is 6.83. The Labute approximate surface area is 95.8 Å². The van der Waals surface area contributed by atoms with Gasteiger partial charge in [-0.2, -0.15) is 0 Å². The molecule has 0 N–H and O–H groups in total. The molecule has 1 heterocycles. The molecule has 2 aliphatic rings. The summed E-state index contributed by atoms with van der Waals surface area (Å²) >= 11 is 3.68. The highest BCUT2D eigenvalue weighted by atomic mass is 79.9. The first-order valence-electron chi connectivity index (χ1n) is 5.71. The number of hydrogen-bond donors (Lipinski definition) is 0. The maximum atomic E-state index is 3.68. The number of hydrogen-bond acceptors (Lipinski definition) is 2. The summed E-state index contributed by atoms with van der Waals surface area (Å²) in [6.07, 6.45) is 4.31. The predicted octanol–water partition coefficient (Wildman–Crippen LogP) is 1.80. The van der Waals surface area contributed by atoms with Gasteiger partial charge in [0, 0.05) is 38.1 Å². The largest absolute Gasteiger partial charge is 0.304 e. The van der Waals surface area contributed by atoms with Crippen LogP contribution < -0.4 is 0 Å². The quantitative estimate of drug-likeness (QED) is 0.715. The van der Waals surface area contributed by atoms with E-state index in [4.69, 9.17) is 0 Å². The van der Waals surface area contributed by atoms with Crippen LogP contribution >= 0.6 is 15.9 Å². The van der Waals surface area contributed by atoms with Crippen LogP contribution in [0.15, 0.2) is 0 Å². The molecule has 0 amide bonds. The Kier molecular flexibility index (Phi) is 3.50. The lowest BCUT2D eigenvalue weighted by molar-refractivity contribution is 0.0611. The van der Waals surface area contributed by atoms with Crippen molar-refractivity contribution in [3.63, 3.8) is 0 Å². The maximum Gasteiger partial charge on any atom is 0.0110 e. The summed E-state index contributed by atoms with van der Waals surface area (Å²) in [6.45, 7) is 6.36. The molecule has 2 nitrogen and oxygen atoms in total. The van der Waals surface area contributed by atoms with Crippen molar-refractivity contribution in [1.29, 1.82) is 0 Å². The normalized spacial score (nSPS) is 28.7. The zero-order valence-corrected chi connectivity index (χ0v) is 10.7. The molecule has 14 heavy (non-hydrogen) atoms. The lowest BCUT2D eigenvalue weighted by atomic mass is 9.70. The van der Waals surface area contributed by atoms with Crippen molar-refractivity contribution in [3.05, 3.63) is 0 Å². The fourth-order valence-electron chi connectivity index (χ4n) is 2.49. The Bertz CT molecular complexity index is 178. The molecule has 1 aliphatic heterocycles. The molecule has 1 aliphatic carbocycles. The molecule has 0 radical (unpaired) electrons. The first-order chi connectivity index (χ1) is 6.74. The van der Waals surface area contributed by atoms with Crippen molar-refractivity contribution in [1.82, 2.24) is 9.80 Å². The lowest BCUT2D eigenvalue weighted by Gasteiger charge is -2.45. The molecule has 2 rings (SSSR count). The van der Waals surface area contributed by atoms with E-state index in [2.05, 4.69) is 32.8 Å². The van der Waals surface area contributed by atoms with E-state index in [1.165, 1.54) is 57.3 Å². The number of piperazine rings is 1. The van der Waals surface area contributed by atoms with Gasteiger partial charge in [0.25, 0.3) is 0 Å². The van der Waals surface area contributed by atoms with Crippen LogP contribution in [-0.2, 0) is 0 Å². The second-order valence-corrected chi connectivity index (χ2v) is 5.63. The van der Waals surface area contributed by atoms with Gasteiger partial charge in [0.1, 0.15) is 0 Å². The highest BCUT2D eigenvalue weighted by molar-refractivity contribution is 9.09. The Balaban J connectivity index is 1.79. The highest BCUT2D eigenvalue weighted by Crippen LogP contribution is 2.43. The van der Waals surface area contributed by atoms with E-state index in [1.54, 1.807) is 0 Å². The van der Waals surface area contributed by atoms with E-state index >= 15 is 0 Å². The van der Waals surface area contributed by atoms with Crippen molar-refractivity contribution in [2.45, 2.75) is 19.3 Å². The molecule has 3 heteroatoms. The number of likely N-dealkylation sites (N-methyl/N-ethyl adjacent to an activating group) is 1. The molecule has 82 valence electrons. The fourth-order valence-corrected chi connectivity index (χ4v) is 3.23. The summed E-state index contributed by atoms with van der Waals surface area (Å²) < 4.78 is 0. The molecule has 0 aromatic rings. The monoisotopic (exact) mass is 260 g/mol. The van der Waals surface area contributed by atoms with Gasteiger partial charge in [-0.15, -0.1) is 0 Å². The highest BCUT2D eigenvalue weighted by Gasteiger charge is 2.37. The van der Waals surface area contributed by atoms with Crippen LogP contribution in [0.5, 0.6) is 0 Å². The molecular formula is C11H21BrN2.